The van der Waals surface area contributed by atoms with Gasteiger partial charge in [0.25, 0.3) is 0 Å². The standard InChI is InChI=1S/C25H28N4/c1-19-13-23-14-22(24-15-26-27-16-24)7-8-25(23)29(19)18-21-9-11-28(12-10-21)17-20-5-3-2-4-6-20/h2-8,13-16,21H,9-12,17-18H2,1H3,(H,26,27). The van der Waals surface area contributed by atoms with Gasteiger partial charge < -0.3 is 4.57 Å². The topological polar surface area (TPSA) is 36.9 Å². The number of likely N-dealkylation sites (tertiary alicyclic amines) is 1. The first kappa shape index (κ1) is 18.2. The monoisotopic (exact) mass is 384 g/mol. The van der Waals surface area contributed by atoms with Gasteiger partial charge in [0.15, 0.2) is 0 Å². The molecule has 1 aliphatic heterocycles. The lowest BCUT2D eigenvalue weighted by Gasteiger charge is -2.32. The first-order valence-corrected chi connectivity index (χ1v) is 10.6. The Hall–Kier alpha value is -2.85. The highest BCUT2D eigenvalue weighted by atomic mass is 15.1. The van der Waals surface area contributed by atoms with Gasteiger partial charge in [-0.05, 0) is 68.1 Å². The molecule has 0 unspecified atom stereocenters. The van der Waals surface area contributed by atoms with E-state index in [0.29, 0.717) is 0 Å². The van der Waals surface area contributed by atoms with E-state index in [4.69, 9.17) is 0 Å². The maximum absolute atomic E-state index is 4.08. The third-order valence-corrected chi connectivity index (χ3v) is 6.34. The second-order valence-corrected chi connectivity index (χ2v) is 8.36. The Bertz CT molecular complexity index is 1070. The van der Waals surface area contributed by atoms with Crippen LogP contribution in [0.5, 0.6) is 0 Å². The van der Waals surface area contributed by atoms with Crippen molar-refractivity contribution in [3.05, 3.63) is 78.2 Å². The summed E-state index contributed by atoms with van der Waals surface area (Å²) in [5, 5.41) is 8.31. The van der Waals surface area contributed by atoms with Crippen molar-refractivity contribution in [3.63, 3.8) is 0 Å². The summed E-state index contributed by atoms with van der Waals surface area (Å²) in [6.07, 6.45) is 6.39. The zero-order valence-electron chi connectivity index (χ0n) is 17.0. The van der Waals surface area contributed by atoms with E-state index in [1.807, 2.05) is 12.4 Å². The highest BCUT2D eigenvalue weighted by Gasteiger charge is 2.21. The third-order valence-electron chi connectivity index (χ3n) is 6.34. The van der Waals surface area contributed by atoms with E-state index in [-0.39, 0.29) is 0 Å². The summed E-state index contributed by atoms with van der Waals surface area (Å²) in [6.45, 7) is 6.84. The summed E-state index contributed by atoms with van der Waals surface area (Å²) in [5.41, 5.74) is 6.49. The highest BCUT2D eigenvalue weighted by Crippen LogP contribution is 2.29. The Morgan fingerprint density at radius 1 is 1.00 bits per heavy atom. The fraction of sp³-hybridized carbons (Fsp3) is 0.320. The second-order valence-electron chi connectivity index (χ2n) is 8.36. The van der Waals surface area contributed by atoms with Crippen molar-refractivity contribution >= 4 is 10.9 Å². The van der Waals surface area contributed by atoms with Crippen LogP contribution in [-0.4, -0.2) is 32.8 Å². The van der Waals surface area contributed by atoms with Gasteiger partial charge in [-0.25, -0.2) is 0 Å². The van der Waals surface area contributed by atoms with E-state index in [0.717, 1.165) is 24.6 Å². The number of nitrogens with one attached hydrogen (secondary N) is 1. The Labute approximate surface area is 172 Å². The quantitative estimate of drug-likeness (QED) is 0.510. The molecule has 0 aliphatic carbocycles. The third kappa shape index (κ3) is 3.85. The number of aryl methyl sites for hydroxylation is 1. The highest BCUT2D eigenvalue weighted by molar-refractivity contribution is 5.86. The summed E-state index contributed by atoms with van der Waals surface area (Å²) >= 11 is 0. The van der Waals surface area contributed by atoms with Crippen LogP contribution in [-0.2, 0) is 13.1 Å². The fourth-order valence-electron chi connectivity index (χ4n) is 4.67. The van der Waals surface area contributed by atoms with Crippen LogP contribution >= 0.6 is 0 Å². The van der Waals surface area contributed by atoms with Crippen LogP contribution in [0.4, 0.5) is 0 Å². The molecule has 0 saturated carbocycles. The minimum Gasteiger partial charge on any atom is -0.345 e. The summed E-state index contributed by atoms with van der Waals surface area (Å²) in [6, 6.07) is 19.9. The average Bonchev–Trinajstić information content (AvgIpc) is 3.38. The van der Waals surface area contributed by atoms with Crippen molar-refractivity contribution in [1.29, 1.82) is 0 Å². The molecule has 3 heterocycles. The van der Waals surface area contributed by atoms with Gasteiger partial charge in [0, 0.05) is 41.4 Å². The molecule has 29 heavy (non-hydrogen) atoms. The van der Waals surface area contributed by atoms with Crippen LogP contribution < -0.4 is 0 Å². The largest absolute Gasteiger partial charge is 0.345 e. The SMILES string of the molecule is Cc1cc2cc(-c3cn[nH]c3)ccc2n1CC1CCN(Cc2ccccc2)CC1. The molecule has 2 aromatic heterocycles. The van der Waals surface area contributed by atoms with Gasteiger partial charge in [0.05, 0.1) is 6.20 Å². The molecule has 0 amide bonds. The molecule has 2 aromatic carbocycles. The number of aromatic amines is 1. The molecular weight excluding hydrogens is 356 g/mol. The minimum absolute atomic E-state index is 0.755. The number of piperidine rings is 1. The molecule has 0 spiro atoms. The maximum Gasteiger partial charge on any atom is 0.0565 e. The smallest absolute Gasteiger partial charge is 0.0565 e. The number of nitrogens with zero attached hydrogens (tertiary/aromatic N) is 3. The van der Waals surface area contributed by atoms with Crippen LogP contribution in [0.1, 0.15) is 24.1 Å². The molecule has 1 fully saturated rings. The van der Waals surface area contributed by atoms with Gasteiger partial charge in [0.2, 0.25) is 0 Å². The molecular formula is C25H28N4. The lowest BCUT2D eigenvalue weighted by Crippen LogP contribution is -2.34. The Balaban J connectivity index is 1.27. The van der Waals surface area contributed by atoms with E-state index in [1.54, 1.807) is 0 Å². The molecule has 0 bridgehead atoms. The molecule has 1 aliphatic rings. The molecule has 4 heteroatoms. The summed E-state index contributed by atoms with van der Waals surface area (Å²) < 4.78 is 2.52. The number of aromatic nitrogens is 3. The lowest BCUT2D eigenvalue weighted by molar-refractivity contribution is 0.167. The van der Waals surface area contributed by atoms with Crippen molar-refractivity contribution in [2.24, 2.45) is 5.92 Å². The van der Waals surface area contributed by atoms with Crippen molar-refractivity contribution in [1.82, 2.24) is 19.7 Å². The maximum atomic E-state index is 4.08. The molecule has 4 aromatic rings. The predicted octanol–water partition coefficient (Wildman–Crippen LogP) is 5.25. The lowest BCUT2D eigenvalue weighted by atomic mass is 9.96. The number of H-pyrrole nitrogens is 1. The predicted molar refractivity (Wildman–Crippen MR) is 119 cm³/mol. The van der Waals surface area contributed by atoms with Crippen molar-refractivity contribution in [2.45, 2.75) is 32.9 Å². The number of fused-ring (bicyclic) bond motifs is 1. The van der Waals surface area contributed by atoms with E-state index in [9.17, 15) is 0 Å². The first-order chi connectivity index (χ1) is 14.3. The van der Waals surface area contributed by atoms with E-state index in [1.165, 1.54) is 53.7 Å². The van der Waals surface area contributed by atoms with Gasteiger partial charge >= 0.3 is 0 Å². The number of hydrogen-bond donors (Lipinski definition) is 1. The molecule has 1 saturated heterocycles. The summed E-state index contributed by atoms with van der Waals surface area (Å²) in [4.78, 5) is 2.60. The van der Waals surface area contributed by atoms with Crippen LogP contribution in [0.2, 0.25) is 0 Å². The molecule has 0 atom stereocenters. The molecule has 148 valence electrons. The number of rotatable bonds is 5. The van der Waals surface area contributed by atoms with Gasteiger partial charge in [-0.15, -0.1) is 0 Å². The van der Waals surface area contributed by atoms with Gasteiger partial charge in [0.1, 0.15) is 0 Å². The Kier molecular flexibility index (Phi) is 4.94. The van der Waals surface area contributed by atoms with Crippen molar-refractivity contribution in [2.75, 3.05) is 13.1 Å². The van der Waals surface area contributed by atoms with Crippen molar-refractivity contribution < 1.29 is 0 Å². The van der Waals surface area contributed by atoms with E-state index >= 15 is 0 Å². The van der Waals surface area contributed by atoms with Crippen LogP contribution in [0.3, 0.4) is 0 Å². The van der Waals surface area contributed by atoms with E-state index < -0.39 is 0 Å². The summed E-state index contributed by atoms with van der Waals surface area (Å²) in [7, 11) is 0. The number of hydrogen-bond acceptors (Lipinski definition) is 2. The molecule has 5 rings (SSSR count). The first-order valence-electron chi connectivity index (χ1n) is 10.6. The normalized spacial score (nSPS) is 15.9. The zero-order valence-corrected chi connectivity index (χ0v) is 17.0. The van der Waals surface area contributed by atoms with E-state index in [2.05, 4.69) is 81.2 Å². The van der Waals surface area contributed by atoms with Crippen LogP contribution in [0.25, 0.3) is 22.0 Å². The zero-order chi connectivity index (χ0) is 19.6. The second kappa shape index (κ2) is 7.88. The van der Waals surface area contributed by atoms with Gasteiger partial charge in [-0.2, -0.15) is 5.10 Å². The summed E-state index contributed by atoms with van der Waals surface area (Å²) in [5.74, 6) is 0.755. The Morgan fingerprint density at radius 3 is 2.59 bits per heavy atom. The Morgan fingerprint density at radius 2 is 1.83 bits per heavy atom. The fourth-order valence-corrected chi connectivity index (χ4v) is 4.67. The van der Waals surface area contributed by atoms with Crippen LogP contribution in [0.15, 0.2) is 67.0 Å². The van der Waals surface area contributed by atoms with Crippen molar-refractivity contribution in [3.8, 4) is 11.1 Å². The molecule has 1 N–H and O–H groups in total. The number of benzene rings is 2. The molecule has 4 nitrogen and oxygen atoms in total. The average molecular weight is 385 g/mol. The molecule has 0 radical (unpaired) electrons. The minimum atomic E-state index is 0.755. The van der Waals surface area contributed by atoms with Gasteiger partial charge in [-0.3, -0.25) is 10.00 Å². The van der Waals surface area contributed by atoms with Gasteiger partial charge in [-0.1, -0.05) is 36.4 Å². The van der Waals surface area contributed by atoms with Crippen LogP contribution in [0, 0.1) is 12.8 Å².